The molecule has 0 radical (unpaired) electrons. The summed E-state index contributed by atoms with van der Waals surface area (Å²) >= 11 is 12.7. The Morgan fingerprint density at radius 1 is 1.24 bits per heavy atom. The van der Waals surface area contributed by atoms with Crippen LogP contribution in [0.2, 0.25) is 5.02 Å². The molecule has 1 amide bonds. The maximum Gasteiger partial charge on any atom is 0.337 e. The number of carbonyl (C=O) groups excluding carboxylic acids is 1. The zero-order chi connectivity index (χ0) is 20.5. The second-order valence-corrected chi connectivity index (χ2v) is 9.13. The molecule has 2 heterocycles. The minimum Gasteiger partial charge on any atom is -0.478 e. The summed E-state index contributed by atoms with van der Waals surface area (Å²) in [7, 11) is 0. The first-order chi connectivity index (χ1) is 13.9. The molecule has 2 aliphatic rings. The molecule has 1 aromatic heterocycles. The SMILES string of the molecule is O=C(O)c1cc(-c2ccc(/C=C3\SC(=S)N(C4CCCCC4)C3=O)o2)ccc1Cl. The number of hydrogen-bond acceptors (Lipinski definition) is 5. The van der Waals surface area contributed by atoms with E-state index >= 15 is 0 Å². The molecule has 2 aromatic rings. The molecule has 1 aliphatic carbocycles. The van der Waals surface area contributed by atoms with Gasteiger partial charge >= 0.3 is 5.97 Å². The average molecular weight is 448 g/mol. The fourth-order valence-electron chi connectivity index (χ4n) is 3.69. The highest BCUT2D eigenvalue weighted by molar-refractivity contribution is 8.26. The van der Waals surface area contributed by atoms with Crippen LogP contribution in [0.25, 0.3) is 17.4 Å². The Kier molecular flexibility index (Phi) is 5.81. The van der Waals surface area contributed by atoms with Gasteiger partial charge in [-0.15, -0.1) is 0 Å². The number of carboxylic acid groups (broad SMARTS) is 1. The van der Waals surface area contributed by atoms with E-state index in [1.54, 1.807) is 29.2 Å². The molecule has 8 heteroatoms. The van der Waals surface area contributed by atoms with Crippen LogP contribution in [-0.2, 0) is 4.79 Å². The Labute approximate surface area is 182 Å². The summed E-state index contributed by atoms with van der Waals surface area (Å²) in [6.07, 6.45) is 7.15. The standard InChI is InChI=1S/C21H18ClNO4S2/c22-16-8-6-12(10-15(16)20(25)26)17-9-7-14(27-17)11-18-19(24)23(21(28)29-18)13-4-2-1-3-5-13/h6-11,13H,1-5H2,(H,25,26)/b18-11-. The van der Waals surface area contributed by atoms with Gasteiger partial charge in [0.05, 0.1) is 15.5 Å². The van der Waals surface area contributed by atoms with Crippen LogP contribution >= 0.6 is 35.6 Å². The minimum absolute atomic E-state index is 0.00969. The molecular weight excluding hydrogens is 430 g/mol. The molecule has 1 aromatic carbocycles. The number of nitrogens with zero attached hydrogens (tertiary/aromatic N) is 1. The summed E-state index contributed by atoms with van der Waals surface area (Å²) < 4.78 is 6.43. The number of hydrogen-bond donors (Lipinski definition) is 1. The van der Waals surface area contributed by atoms with Crippen molar-refractivity contribution in [2.75, 3.05) is 0 Å². The van der Waals surface area contributed by atoms with Gasteiger partial charge < -0.3 is 9.52 Å². The van der Waals surface area contributed by atoms with E-state index in [-0.39, 0.29) is 22.5 Å². The minimum atomic E-state index is -1.10. The third kappa shape index (κ3) is 4.13. The van der Waals surface area contributed by atoms with E-state index in [1.165, 1.54) is 30.3 Å². The summed E-state index contributed by atoms with van der Waals surface area (Å²) in [4.78, 5) is 26.5. The summed E-state index contributed by atoms with van der Waals surface area (Å²) in [6, 6.07) is 8.37. The van der Waals surface area contributed by atoms with Crippen molar-refractivity contribution in [1.82, 2.24) is 4.90 Å². The largest absolute Gasteiger partial charge is 0.478 e. The molecule has 29 heavy (non-hydrogen) atoms. The molecule has 1 saturated heterocycles. The molecule has 0 unspecified atom stereocenters. The van der Waals surface area contributed by atoms with Gasteiger partial charge in [-0.1, -0.05) is 54.8 Å². The Bertz CT molecular complexity index is 1020. The highest BCUT2D eigenvalue weighted by atomic mass is 35.5. The molecule has 1 N–H and O–H groups in total. The second-order valence-electron chi connectivity index (χ2n) is 7.05. The Hall–Kier alpha value is -2.09. The van der Waals surface area contributed by atoms with E-state index in [0.717, 1.165) is 25.7 Å². The lowest BCUT2D eigenvalue weighted by Gasteiger charge is -2.29. The van der Waals surface area contributed by atoms with E-state index in [4.69, 9.17) is 28.2 Å². The number of carbonyl (C=O) groups is 2. The molecule has 0 spiro atoms. The fraction of sp³-hybridized carbons (Fsp3) is 0.286. The van der Waals surface area contributed by atoms with Crippen molar-refractivity contribution in [3.8, 4) is 11.3 Å². The van der Waals surface area contributed by atoms with Crippen LogP contribution < -0.4 is 0 Å². The number of furan rings is 1. The number of rotatable bonds is 4. The normalized spacial score (nSPS) is 19.3. The molecule has 5 nitrogen and oxygen atoms in total. The summed E-state index contributed by atoms with van der Waals surface area (Å²) in [6.45, 7) is 0. The van der Waals surface area contributed by atoms with Crippen LogP contribution in [0, 0.1) is 0 Å². The highest BCUT2D eigenvalue weighted by Crippen LogP contribution is 2.38. The number of thiocarbonyl (C=S) groups is 1. The van der Waals surface area contributed by atoms with Gasteiger partial charge in [0.2, 0.25) is 0 Å². The fourth-order valence-corrected chi connectivity index (χ4v) is 5.27. The number of halogens is 1. The molecule has 0 atom stereocenters. The lowest BCUT2D eigenvalue weighted by atomic mass is 9.94. The van der Waals surface area contributed by atoms with E-state index in [9.17, 15) is 14.7 Å². The van der Waals surface area contributed by atoms with E-state index in [0.29, 0.717) is 26.3 Å². The zero-order valence-corrected chi connectivity index (χ0v) is 17.8. The Morgan fingerprint density at radius 3 is 2.72 bits per heavy atom. The average Bonchev–Trinajstić information content (AvgIpc) is 3.27. The van der Waals surface area contributed by atoms with Crippen LogP contribution in [0.3, 0.4) is 0 Å². The molecule has 4 rings (SSSR count). The van der Waals surface area contributed by atoms with Crippen molar-refractivity contribution in [3.63, 3.8) is 0 Å². The molecule has 1 aliphatic heterocycles. The van der Waals surface area contributed by atoms with Crippen LogP contribution in [-0.4, -0.2) is 32.2 Å². The lowest BCUT2D eigenvalue weighted by Crippen LogP contribution is -2.39. The molecule has 0 bridgehead atoms. The van der Waals surface area contributed by atoms with Gasteiger partial charge in [-0.2, -0.15) is 0 Å². The zero-order valence-electron chi connectivity index (χ0n) is 15.4. The first kappa shape index (κ1) is 20.2. The van der Waals surface area contributed by atoms with Gasteiger partial charge in [-0.25, -0.2) is 4.79 Å². The lowest BCUT2D eigenvalue weighted by molar-refractivity contribution is -0.124. The van der Waals surface area contributed by atoms with Crippen LogP contribution in [0.5, 0.6) is 0 Å². The topological polar surface area (TPSA) is 70.8 Å². The van der Waals surface area contributed by atoms with Crippen LogP contribution in [0.4, 0.5) is 0 Å². The van der Waals surface area contributed by atoms with Crippen molar-refractivity contribution in [1.29, 1.82) is 0 Å². The number of aromatic carboxylic acids is 1. The predicted molar refractivity (Wildman–Crippen MR) is 118 cm³/mol. The van der Waals surface area contributed by atoms with Gasteiger partial charge in [0, 0.05) is 17.7 Å². The maximum atomic E-state index is 12.9. The molecule has 150 valence electrons. The summed E-state index contributed by atoms with van der Waals surface area (Å²) in [5.74, 6) is -0.159. The second kappa shape index (κ2) is 8.34. The first-order valence-electron chi connectivity index (χ1n) is 9.34. The molecular formula is C21H18ClNO4S2. The highest BCUT2D eigenvalue weighted by Gasteiger charge is 2.37. The van der Waals surface area contributed by atoms with Gasteiger partial charge in [0.25, 0.3) is 5.91 Å². The number of thioether (sulfide) groups is 1. The summed E-state index contributed by atoms with van der Waals surface area (Å²) in [5, 5.41) is 9.40. The van der Waals surface area contributed by atoms with Gasteiger partial charge in [-0.3, -0.25) is 9.69 Å². The van der Waals surface area contributed by atoms with Crippen molar-refractivity contribution in [3.05, 3.63) is 51.6 Å². The Morgan fingerprint density at radius 2 is 2.00 bits per heavy atom. The first-order valence-corrected chi connectivity index (χ1v) is 10.9. The van der Waals surface area contributed by atoms with Crippen LogP contribution in [0.15, 0.2) is 39.7 Å². The quantitative estimate of drug-likeness (QED) is 0.469. The van der Waals surface area contributed by atoms with Crippen molar-refractivity contribution in [2.24, 2.45) is 0 Å². The third-order valence-corrected chi connectivity index (χ3v) is 6.80. The van der Waals surface area contributed by atoms with E-state index in [2.05, 4.69) is 0 Å². The molecule has 2 fully saturated rings. The van der Waals surface area contributed by atoms with E-state index in [1.807, 2.05) is 0 Å². The van der Waals surface area contributed by atoms with Gasteiger partial charge in [-0.05, 0) is 43.2 Å². The predicted octanol–water partition coefficient (Wildman–Crippen LogP) is 5.83. The number of amides is 1. The van der Waals surface area contributed by atoms with Crippen molar-refractivity contribution < 1.29 is 19.1 Å². The van der Waals surface area contributed by atoms with Crippen LogP contribution in [0.1, 0.15) is 48.2 Å². The van der Waals surface area contributed by atoms with Crippen molar-refractivity contribution >= 4 is 57.9 Å². The monoisotopic (exact) mass is 447 g/mol. The maximum absolute atomic E-state index is 12.9. The third-order valence-electron chi connectivity index (χ3n) is 5.14. The van der Waals surface area contributed by atoms with Crippen molar-refractivity contribution in [2.45, 2.75) is 38.1 Å². The Balaban J connectivity index is 1.57. The smallest absolute Gasteiger partial charge is 0.337 e. The summed E-state index contributed by atoms with van der Waals surface area (Å²) in [5.41, 5.74) is 0.608. The number of benzene rings is 1. The van der Waals surface area contributed by atoms with E-state index < -0.39 is 5.97 Å². The number of carboxylic acids is 1. The van der Waals surface area contributed by atoms with Gasteiger partial charge in [0.15, 0.2) is 0 Å². The molecule has 1 saturated carbocycles. The van der Waals surface area contributed by atoms with Gasteiger partial charge in [0.1, 0.15) is 15.8 Å².